The number of nitrogens with two attached hydrogens (primary N) is 1. The van der Waals surface area contributed by atoms with Crippen LogP contribution in [0.5, 0.6) is 0 Å². The van der Waals surface area contributed by atoms with Crippen molar-refractivity contribution in [3.8, 4) is 0 Å². The molecule has 0 aliphatic rings. The quantitative estimate of drug-likeness (QED) is 0.808. The Kier molecular flexibility index (Phi) is 3.05. The lowest BCUT2D eigenvalue weighted by molar-refractivity contribution is 0.587. The van der Waals surface area contributed by atoms with Gasteiger partial charge in [0.25, 0.3) is 0 Å². The summed E-state index contributed by atoms with van der Waals surface area (Å²) < 4.78 is 26.0. The van der Waals surface area contributed by atoms with Gasteiger partial charge in [-0.2, -0.15) is 0 Å². The molecule has 0 aliphatic carbocycles. The second-order valence-corrected chi connectivity index (χ2v) is 4.31. The molecule has 2 rings (SSSR count). The number of hydrogen-bond acceptors (Lipinski definition) is 3. The van der Waals surface area contributed by atoms with E-state index in [1.807, 2.05) is 17.5 Å². The molecule has 0 spiro atoms. The van der Waals surface area contributed by atoms with Gasteiger partial charge in [0, 0.05) is 17.5 Å². The summed E-state index contributed by atoms with van der Waals surface area (Å²) in [5.41, 5.74) is 5.72. The minimum absolute atomic E-state index is 0.0574. The van der Waals surface area contributed by atoms with Crippen LogP contribution in [0.1, 0.15) is 4.88 Å². The van der Waals surface area contributed by atoms with E-state index in [4.69, 9.17) is 5.73 Å². The molecule has 0 radical (unpaired) electrons. The van der Waals surface area contributed by atoms with Crippen LogP contribution in [-0.4, -0.2) is 0 Å². The fraction of sp³-hybridized carbons (Fsp3) is 0.0909. The molecule has 0 bridgehead atoms. The van der Waals surface area contributed by atoms with Gasteiger partial charge in [0.15, 0.2) is 5.82 Å². The lowest BCUT2D eigenvalue weighted by Crippen LogP contribution is -2.03. The normalized spacial score (nSPS) is 10.4. The van der Waals surface area contributed by atoms with E-state index in [1.54, 1.807) is 11.3 Å². The van der Waals surface area contributed by atoms with Gasteiger partial charge in [-0.05, 0) is 17.5 Å². The van der Waals surface area contributed by atoms with Crippen LogP contribution >= 0.6 is 11.3 Å². The molecule has 2 nitrogen and oxygen atoms in total. The van der Waals surface area contributed by atoms with Gasteiger partial charge >= 0.3 is 0 Å². The molecule has 1 aromatic carbocycles. The smallest absolute Gasteiger partial charge is 0.151 e. The van der Waals surface area contributed by atoms with Crippen molar-refractivity contribution < 1.29 is 8.78 Å². The van der Waals surface area contributed by atoms with Crippen LogP contribution in [0.4, 0.5) is 20.2 Å². The van der Waals surface area contributed by atoms with E-state index in [9.17, 15) is 8.78 Å². The maximum atomic E-state index is 13.1. The van der Waals surface area contributed by atoms with Crippen LogP contribution in [0.25, 0.3) is 0 Å². The molecule has 3 N–H and O–H groups in total. The van der Waals surface area contributed by atoms with Crippen molar-refractivity contribution >= 4 is 22.7 Å². The van der Waals surface area contributed by atoms with E-state index in [0.29, 0.717) is 6.54 Å². The number of nitrogen functional groups attached to an aromatic ring is 1. The number of thiophene rings is 1. The molecule has 0 unspecified atom stereocenters. The first kappa shape index (κ1) is 10.9. The van der Waals surface area contributed by atoms with Crippen molar-refractivity contribution in [2.24, 2.45) is 0 Å². The van der Waals surface area contributed by atoms with Gasteiger partial charge in [-0.3, -0.25) is 0 Å². The minimum Gasteiger partial charge on any atom is -0.395 e. The summed E-state index contributed by atoms with van der Waals surface area (Å²) in [5, 5.41) is 4.84. The van der Waals surface area contributed by atoms with Crippen molar-refractivity contribution in [1.29, 1.82) is 0 Å². The van der Waals surface area contributed by atoms with Crippen LogP contribution in [0.3, 0.4) is 0 Å². The second-order valence-electron chi connectivity index (χ2n) is 3.28. The Bertz CT molecular complexity index is 483. The molecule has 2 aromatic rings. The Labute approximate surface area is 95.7 Å². The summed E-state index contributed by atoms with van der Waals surface area (Å²) in [6.45, 7) is 0.505. The predicted molar refractivity (Wildman–Crippen MR) is 62.4 cm³/mol. The fourth-order valence-electron chi connectivity index (χ4n) is 1.33. The molecule has 1 aromatic heterocycles. The monoisotopic (exact) mass is 240 g/mol. The van der Waals surface area contributed by atoms with Crippen molar-refractivity contribution in [3.63, 3.8) is 0 Å². The van der Waals surface area contributed by atoms with Gasteiger partial charge in [-0.25, -0.2) is 8.78 Å². The third kappa shape index (κ3) is 2.30. The Balaban J connectivity index is 2.15. The molecule has 0 atom stereocenters. The minimum atomic E-state index is -0.742. The first-order valence-corrected chi connectivity index (χ1v) is 5.55. The van der Waals surface area contributed by atoms with Gasteiger partial charge in [0.05, 0.1) is 11.4 Å². The molecule has 16 heavy (non-hydrogen) atoms. The summed E-state index contributed by atoms with van der Waals surface area (Å²) in [4.78, 5) is 1.07. The summed E-state index contributed by atoms with van der Waals surface area (Å²) >= 11 is 1.57. The van der Waals surface area contributed by atoms with E-state index >= 15 is 0 Å². The lowest BCUT2D eigenvalue weighted by Gasteiger charge is -2.09. The Morgan fingerprint density at radius 3 is 2.81 bits per heavy atom. The van der Waals surface area contributed by atoms with Gasteiger partial charge in [0.1, 0.15) is 5.82 Å². The molecule has 0 saturated carbocycles. The van der Waals surface area contributed by atoms with Crippen LogP contribution in [0, 0.1) is 11.6 Å². The number of rotatable bonds is 3. The van der Waals surface area contributed by atoms with Crippen molar-refractivity contribution in [1.82, 2.24) is 0 Å². The van der Waals surface area contributed by atoms with E-state index in [0.717, 1.165) is 10.9 Å². The topological polar surface area (TPSA) is 38.0 Å². The third-order valence-corrected chi connectivity index (χ3v) is 3.00. The van der Waals surface area contributed by atoms with E-state index < -0.39 is 11.6 Å². The molecule has 0 aliphatic heterocycles. The van der Waals surface area contributed by atoms with Gasteiger partial charge in [-0.1, -0.05) is 6.07 Å². The standard InChI is InChI=1S/C11H10F2N2S/c12-7-4-9(13)11(14)10(5-7)15-6-8-2-1-3-16-8/h1-5,15H,6,14H2. The molecule has 1 heterocycles. The summed E-state index contributed by atoms with van der Waals surface area (Å²) in [6.07, 6.45) is 0. The first-order valence-electron chi connectivity index (χ1n) is 4.67. The fourth-order valence-corrected chi connectivity index (χ4v) is 1.97. The Morgan fingerprint density at radius 2 is 2.12 bits per heavy atom. The highest BCUT2D eigenvalue weighted by atomic mass is 32.1. The highest BCUT2D eigenvalue weighted by Crippen LogP contribution is 2.24. The highest BCUT2D eigenvalue weighted by Gasteiger charge is 2.07. The molecule has 0 fully saturated rings. The van der Waals surface area contributed by atoms with E-state index in [-0.39, 0.29) is 11.4 Å². The lowest BCUT2D eigenvalue weighted by atomic mass is 10.2. The highest BCUT2D eigenvalue weighted by molar-refractivity contribution is 7.09. The SMILES string of the molecule is Nc1c(F)cc(F)cc1NCc1cccs1. The van der Waals surface area contributed by atoms with Crippen molar-refractivity contribution in [3.05, 3.63) is 46.2 Å². The van der Waals surface area contributed by atoms with Crippen LogP contribution < -0.4 is 11.1 Å². The summed E-state index contributed by atoms with van der Waals surface area (Å²) in [7, 11) is 0. The average molecular weight is 240 g/mol. The number of nitrogens with one attached hydrogen (secondary N) is 1. The molecule has 84 valence electrons. The molecule has 0 amide bonds. The zero-order valence-corrected chi connectivity index (χ0v) is 9.15. The van der Waals surface area contributed by atoms with Crippen molar-refractivity contribution in [2.45, 2.75) is 6.54 Å². The molecule has 5 heteroatoms. The van der Waals surface area contributed by atoms with E-state index in [1.165, 1.54) is 6.07 Å². The maximum absolute atomic E-state index is 13.1. The number of hydrogen-bond donors (Lipinski definition) is 2. The Hall–Kier alpha value is -1.62. The van der Waals surface area contributed by atoms with Crippen LogP contribution in [-0.2, 0) is 6.54 Å². The van der Waals surface area contributed by atoms with Crippen molar-refractivity contribution in [2.75, 3.05) is 11.1 Å². The number of benzene rings is 1. The van der Waals surface area contributed by atoms with Crippen LogP contribution in [0.2, 0.25) is 0 Å². The summed E-state index contributed by atoms with van der Waals surface area (Å²) in [5.74, 6) is -1.38. The van der Waals surface area contributed by atoms with Gasteiger partial charge in [0.2, 0.25) is 0 Å². The van der Waals surface area contributed by atoms with Gasteiger partial charge < -0.3 is 11.1 Å². The second kappa shape index (κ2) is 4.49. The molecular formula is C11H10F2N2S. The first-order chi connectivity index (χ1) is 7.66. The predicted octanol–water partition coefficient (Wildman–Crippen LogP) is 3.22. The zero-order valence-electron chi connectivity index (χ0n) is 8.34. The largest absolute Gasteiger partial charge is 0.395 e. The molecular weight excluding hydrogens is 230 g/mol. The Morgan fingerprint density at radius 1 is 1.31 bits per heavy atom. The third-order valence-electron chi connectivity index (χ3n) is 2.13. The number of halogens is 2. The number of anilines is 2. The van der Waals surface area contributed by atoms with Crippen LogP contribution in [0.15, 0.2) is 29.6 Å². The maximum Gasteiger partial charge on any atom is 0.151 e. The van der Waals surface area contributed by atoms with Gasteiger partial charge in [-0.15, -0.1) is 11.3 Å². The zero-order chi connectivity index (χ0) is 11.5. The summed E-state index contributed by atoms with van der Waals surface area (Å²) in [6, 6.07) is 5.80. The molecule has 0 saturated heterocycles. The van der Waals surface area contributed by atoms with E-state index in [2.05, 4.69) is 5.32 Å². The average Bonchev–Trinajstić information content (AvgIpc) is 2.74.